The van der Waals surface area contributed by atoms with E-state index in [1.807, 2.05) is 0 Å². The number of aryl methyl sites for hydroxylation is 1. The molecule has 1 aromatic heterocycles. The molecule has 20 heavy (non-hydrogen) atoms. The van der Waals surface area contributed by atoms with Gasteiger partial charge in [-0.25, -0.2) is 14.2 Å². The molecule has 0 aliphatic rings. The molecule has 4 nitrogen and oxygen atoms in total. The largest absolute Gasteiger partial charge is 0.478 e. The van der Waals surface area contributed by atoms with E-state index in [0.717, 1.165) is 6.20 Å². The molecule has 1 heterocycles. The first kappa shape index (κ1) is 14.6. The van der Waals surface area contributed by atoms with Crippen LogP contribution in [0.3, 0.4) is 0 Å². The third kappa shape index (κ3) is 2.84. The van der Waals surface area contributed by atoms with Gasteiger partial charge >= 0.3 is 5.97 Å². The van der Waals surface area contributed by atoms with Crippen LogP contribution in [-0.4, -0.2) is 16.1 Å². The van der Waals surface area contributed by atoms with Crippen molar-refractivity contribution in [2.45, 2.75) is 6.92 Å². The van der Waals surface area contributed by atoms with Crippen LogP contribution in [0.5, 0.6) is 0 Å². The highest BCUT2D eigenvalue weighted by molar-refractivity contribution is 6.43. The van der Waals surface area contributed by atoms with E-state index >= 15 is 0 Å². The third-order valence-electron chi connectivity index (χ3n) is 2.63. The van der Waals surface area contributed by atoms with Crippen LogP contribution in [0.25, 0.3) is 0 Å². The number of carboxylic acid groups (broad SMARTS) is 1. The van der Waals surface area contributed by atoms with E-state index < -0.39 is 5.97 Å². The van der Waals surface area contributed by atoms with E-state index in [-0.39, 0.29) is 27.2 Å². The molecule has 0 spiro atoms. The summed E-state index contributed by atoms with van der Waals surface area (Å²) in [4.78, 5) is 14.8. The molecular formula is C13H9Cl2FN2O2. The number of rotatable bonds is 3. The highest BCUT2D eigenvalue weighted by atomic mass is 35.5. The molecule has 0 radical (unpaired) electrons. The second-order valence-electron chi connectivity index (χ2n) is 4.05. The van der Waals surface area contributed by atoms with Gasteiger partial charge in [0, 0.05) is 11.9 Å². The minimum Gasteiger partial charge on any atom is -0.478 e. The summed E-state index contributed by atoms with van der Waals surface area (Å²) < 4.78 is 13.2. The summed E-state index contributed by atoms with van der Waals surface area (Å²) in [5.41, 5.74) is 0.908. The summed E-state index contributed by atoms with van der Waals surface area (Å²) in [6.45, 7) is 1.60. The van der Waals surface area contributed by atoms with Crippen molar-refractivity contribution < 1.29 is 14.3 Å². The molecule has 0 fully saturated rings. The molecule has 1 aromatic carbocycles. The summed E-state index contributed by atoms with van der Waals surface area (Å²) in [7, 11) is 0. The Balaban J connectivity index is 2.49. The normalized spacial score (nSPS) is 10.4. The molecule has 0 bridgehead atoms. The Morgan fingerprint density at radius 1 is 1.40 bits per heavy atom. The van der Waals surface area contributed by atoms with Crippen molar-refractivity contribution in [3.8, 4) is 0 Å². The molecule has 2 rings (SSSR count). The number of carboxylic acids is 1. The van der Waals surface area contributed by atoms with E-state index in [9.17, 15) is 9.18 Å². The number of aromatic nitrogens is 1. The van der Waals surface area contributed by atoms with Crippen LogP contribution < -0.4 is 5.32 Å². The highest BCUT2D eigenvalue weighted by Gasteiger charge is 2.17. The van der Waals surface area contributed by atoms with Gasteiger partial charge in [0.25, 0.3) is 0 Å². The number of aromatic carboxylic acids is 1. The molecule has 7 heteroatoms. The number of pyridine rings is 1. The Labute approximate surface area is 124 Å². The first-order valence-corrected chi connectivity index (χ1v) is 6.26. The molecule has 0 saturated carbocycles. The minimum absolute atomic E-state index is 0.00598. The molecule has 104 valence electrons. The molecular weight excluding hydrogens is 306 g/mol. The Morgan fingerprint density at radius 2 is 2.10 bits per heavy atom. The molecule has 2 N–H and O–H groups in total. The lowest BCUT2D eigenvalue weighted by molar-refractivity contribution is 0.0697. The van der Waals surface area contributed by atoms with Gasteiger partial charge in [0.15, 0.2) is 0 Å². The van der Waals surface area contributed by atoms with Crippen molar-refractivity contribution >= 4 is 40.5 Å². The monoisotopic (exact) mass is 314 g/mol. The van der Waals surface area contributed by atoms with Crippen LogP contribution in [0.2, 0.25) is 10.2 Å². The zero-order valence-electron chi connectivity index (χ0n) is 10.2. The number of nitrogens with one attached hydrogen (secondary N) is 1. The number of halogens is 3. The maximum absolute atomic E-state index is 13.2. The lowest BCUT2D eigenvalue weighted by atomic mass is 10.2. The van der Waals surface area contributed by atoms with E-state index in [4.69, 9.17) is 28.3 Å². The van der Waals surface area contributed by atoms with Crippen molar-refractivity contribution in [1.29, 1.82) is 0 Å². The number of hydrogen-bond donors (Lipinski definition) is 2. The Bertz CT molecular complexity index is 692. The van der Waals surface area contributed by atoms with Gasteiger partial charge in [0.2, 0.25) is 0 Å². The predicted octanol–water partition coefficient (Wildman–Crippen LogP) is 4.28. The SMILES string of the molecule is Cc1cc(Nc2c(C(=O)O)cnc(Cl)c2Cl)ccc1F. The predicted molar refractivity (Wildman–Crippen MR) is 75.6 cm³/mol. The van der Waals surface area contributed by atoms with Crippen LogP contribution in [0.4, 0.5) is 15.8 Å². The molecule has 0 amide bonds. The minimum atomic E-state index is -1.20. The molecule has 0 unspecified atom stereocenters. The summed E-state index contributed by atoms with van der Waals surface area (Å²) >= 11 is 11.7. The summed E-state index contributed by atoms with van der Waals surface area (Å²) in [6.07, 6.45) is 1.11. The van der Waals surface area contributed by atoms with E-state index in [1.165, 1.54) is 18.2 Å². The molecule has 0 aliphatic heterocycles. The first-order valence-electron chi connectivity index (χ1n) is 5.50. The fourth-order valence-electron chi connectivity index (χ4n) is 1.61. The number of carbonyl (C=O) groups is 1. The van der Waals surface area contributed by atoms with E-state index in [1.54, 1.807) is 6.92 Å². The number of benzene rings is 1. The van der Waals surface area contributed by atoms with Gasteiger partial charge in [-0.1, -0.05) is 23.2 Å². The van der Waals surface area contributed by atoms with Gasteiger partial charge in [0.05, 0.1) is 5.69 Å². The first-order chi connectivity index (χ1) is 9.40. The van der Waals surface area contributed by atoms with Crippen LogP contribution in [-0.2, 0) is 0 Å². The number of nitrogens with zero attached hydrogens (tertiary/aromatic N) is 1. The van der Waals surface area contributed by atoms with Gasteiger partial charge < -0.3 is 10.4 Å². The van der Waals surface area contributed by atoms with Gasteiger partial charge in [-0.3, -0.25) is 0 Å². The van der Waals surface area contributed by atoms with E-state index in [0.29, 0.717) is 11.3 Å². The van der Waals surface area contributed by atoms with Crippen molar-refractivity contribution in [2.24, 2.45) is 0 Å². The lowest BCUT2D eigenvalue weighted by Crippen LogP contribution is -2.05. The fourth-order valence-corrected chi connectivity index (χ4v) is 1.96. The molecule has 0 atom stereocenters. The third-order valence-corrected chi connectivity index (χ3v) is 3.39. The molecule has 0 saturated heterocycles. The lowest BCUT2D eigenvalue weighted by Gasteiger charge is -2.12. The highest BCUT2D eigenvalue weighted by Crippen LogP contribution is 2.33. The van der Waals surface area contributed by atoms with Gasteiger partial charge in [-0.05, 0) is 30.7 Å². The maximum atomic E-state index is 13.2. The van der Waals surface area contributed by atoms with Gasteiger partial charge in [-0.2, -0.15) is 0 Å². The smallest absolute Gasteiger partial charge is 0.339 e. The zero-order chi connectivity index (χ0) is 14.9. The van der Waals surface area contributed by atoms with Crippen LogP contribution in [0.15, 0.2) is 24.4 Å². The fraction of sp³-hybridized carbons (Fsp3) is 0.0769. The Morgan fingerprint density at radius 3 is 2.70 bits per heavy atom. The van der Waals surface area contributed by atoms with Crippen molar-refractivity contribution in [3.05, 3.63) is 51.5 Å². The number of anilines is 2. The Hall–Kier alpha value is -1.85. The summed E-state index contributed by atoms with van der Waals surface area (Å²) in [6, 6.07) is 4.28. The quantitative estimate of drug-likeness (QED) is 0.830. The summed E-state index contributed by atoms with van der Waals surface area (Å²) in [5.74, 6) is -1.55. The van der Waals surface area contributed by atoms with Crippen LogP contribution in [0.1, 0.15) is 15.9 Å². The van der Waals surface area contributed by atoms with Crippen LogP contribution in [0, 0.1) is 12.7 Å². The van der Waals surface area contributed by atoms with Crippen molar-refractivity contribution in [3.63, 3.8) is 0 Å². The van der Waals surface area contributed by atoms with Gasteiger partial charge in [0.1, 0.15) is 21.6 Å². The van der Waals surface area contributed by atoms with E-state index in [2.05, 4.69) is 10.3 Å². The topological polar surface area (TPSA) is 62.2 Å². The second-order valence-corrected chi connectivity index (χ2v) is 4.78. The summed E-state index contributed by atoms with van der Waals surface area (Å²) in [5, 5.41) is 11.9. The van der Waals surface area contributed by atoms with Crippen molar-refractivity contribution in [1.82, 2.24) is 4.98 Å². The Kier molecular flexibility index (Phi) is 4.11. The average Bonchev–Trinajstić information content (AvgIpc) is 2.39. The molecule has 2 aromatic rings. The average molecular weight is 315 g/mol. The number of hydrogen-bond acceptors (Lipinski definition) is 3. The second kappa shape index (κ2) is 5.64. The van der Waals surface area contributed by atoms with Gasteiger partial charge in [-0.15, -0.1) is 0 Å². The zero-order valence-corrected chi connectivity index (χ0v) is 11.8. The maximum Gasteiger partial charge on any atom is 0.339 e. The van der Waals surface area contributed by atoms with Crippen LogP contribution >= 0.6 is 23.2 Å². The molecule has 0 aliphatic carbocycles. The standard InChI is InChI=1S/C13H9Cl2FN2O2/c1-6-4-7(2-3-9(6)16)18-11-8(13(19)20)5-17-12(15)10(11)14/h2-5H,1H3,(H,17,18)(H,19,20). The van der Waals surface area contributed by atoms with Crippen molar-refractivity contribution in [2.75, 3.05) is 5.32 Å².